The zero-order valence-electron chi connectivity index (χ0n) is 66.6. The van der Waals surface area contributed by atoms with Gasteiger partial charge >= 0.3 is 11.9 Å². The number of unbranched alkanes of at least 4 members (excludes halogenated alkanes) is 50. The van der Waals surface area contributed by atoms with Crippen molar-refractivity contribution >= 4 is 19.8 Å². The van der Waals surface area contributed by atoms with Crippen molar-refractivity contribution < 1.29 is 42.1 Å². The van der Waals surface area contributed by atoms with Crippen molar-refractivity contribution in [1.29, 1.82) is 0 Å². The predicted molar refractivity (Wildman–Crippen MR) is 434 cm³/mol. The molecule has 0 heterocycles. The summed E-state index contributed by atoms with van der Waals surface area (Å²) in [5.41, 5.74) is 0. The van der Waals surface area contributed by atoms with Crippen LogP contribution >= 0.6 is 7.82 Å². The molecule has 0 aliphatic carbocycles. The van der Waals surface area contributed by atoms with E-state index in [0.29, 0.717) is 17.4 Å². The highest BCUT2D eigenvalue weighted by molar-refractivity contribution is 7.45. The minimum atomic E-state index is -4.65. The summed E-state index contributed by atoms with van der Waals surface area (Å²) in [7, 11) is 1.18. The average Bonchev–Trinajstić information content (AvgIpc) is 1.02. The van der Waals surface area contributed by atoms with Gasteiger partial charge in [0, 0.05) is 12.8 Å². The molecule has 0 aromatic carbocycles. The number of quaternary nitrogens is 1. The third-order valence-corrected chi connectivity index (χ3v) is 20.1. The van der Waals surface area contributed by atoms with Crippen LogP contribution in [0.5, 0.6) is 0 Å². The molecule has 0 radical (unpaired) electrons. The molecule has 0 aliphatic heterocycles. The number of allylic oxidation sites excluding steroid dienone is 16. The van der Waals surface area contributed by atoms with Crippen LogP contribution in [-0.2, 0) is 32.7 Å². The molecule has 0 fully saturated rings. The topological polar surface area (TPSA) is 111 Å². The highest BCUT2D eigenvalue weighted by Gasteiger charge is 2.22. The number of hydrogen-bond donors (Lipinski definition) is 0. The normalized spacial score (nSPS) is 13.5. The summed E-state index contributed by atoms with van der Waals surface area (Å²) in [4.78, 5) is 38.2. The first-order valence-electron chi connectivity index (χ1n) is 42.9. The highest BCUT2D eigenvalue weighted by Crippen LogP contribution is 2.38. The van der Waals surface area contributed by atoms with Crippen molar-refractivity contribution in [2.75, 3.05) is 47.5 Å². The first-order valence-corrected chi connectivity index (χ1v) is 44.4. The van der Waals surface area contributed by atoms with Crippen LogP contribution in [0, 0.1) is 0 Å². The molecule has 2 unspecified atom stereocenters. The van der Waals surface area contributed by atoms with Crippen LogP contribution in [0.4, 0.5) is 0 Å². The Morgan fingerprint density at radius 1 is 0.320 bits per heavy atom. The van der Waals surface area contributed by atoms with Crippen LogP contribution in [0.1, 0.15) is 412 Å². The molecule has 0 aliphatic rings. The summed E-state index contributed by atoms with van der Waals surface area (Å²) in [5, 5.41) is 0. The molecule has 582 valence electrons. The minimum Gasteiger partial charge on any atom is -0.756 e. The van der Waals surface area contributed by atoms with Gasteiger partial charge in [-0.3, -0.25) is 14.2 Å². The quantitative estimate of drug-likeness (QED) is 0.0195. The first-order chi connectivity index (χ1) is 49.0. The van der Waals surface area contributed by atoms with Gasteiger partial charge in [-0.05, 0) is 96.3 Å². The molecule has 0 spiro atoms. The summed E-state index contributed by atoms with van der Waals surface area (Å²) in [5.74, 6) is -0.812. The molecule has 0 saturated heterocycles. The summed E-state index contributed by atoms with van der Waals surface area (Å²) in [6.07, 6.45) is 113. The van der Waals surface area contributed by atoms with Crippen molar-refractivity contribution in [3.05, 3.63) is 97.2 Å². The van der Waals surface area contributed by atoms with Crippen LogP contribution in [0.25, 0.3) is 0 Å². The fraction of sp³-hybridized carbons (Fsp3) is 0.800. The SMILES string of the molecule is CC/C=C\C/C=C\C/C=C\C/C=C\C/C=C\CCCCCCCCCCCCCCCCCCCCCCCC(=O)OC(COC(=O)CCCCCCCCCCCCCCCCCCCCCCCCCC/C=C\C/C=C\C/C=C\CCCCCCC)COP(=O)([O-])OCC[N+](C)(C)C. The lowest BCUT2D eigenvalue weighted by molar-refractivity contribution is -0.870. The number of nitrogens with zero attached hydrogens (tertiary/aromatic N) is 1. The van der Waals surface area contributed by atoms with Crippen LogP contribution in [-0.4, -0.2) is 70.0 Å². The minimum absolute atomic E-state index is 0.0300. The first kappa shape index (κ1) is 96.9. The number of phosphoric acid groups is 1. The molecule has 0 saturated carbocycles. The molecule has 2 atom stereocenters. The summed E-state index contributed by atoms with van der Waals surface area (Å²) in [6.45, 7) is 4.18. The van der Waals surface area contributed by atoms with E-state index in [-0.39, 0.29) is 32.0 Å². The molecule has 0 N–H and O–H groups in total. The van der Waals surface area contributed by atoms with Crippen LogP contribution in [0.2, 0.25) is 0 Å². The maximum absolute atomic E-state index is 12.9. The molecule has 0 bridgehead atoms. The van der Waals surface area contributed by atoms with Crippen molar-refractivity contribution in [3.8, 4) is 0 Å². The van der Waals surface area contributed by atoms with E-state index in [0.717, 1.165) is 83.5 Å². The van der Waals surface area contributed by atoms with Crippen molar-refractivity contribution in [2.45, 2.75) is 418 Å². The number of esters is 2. The van der Waals surface area contributed by atoms with E-state index in [1.165, 1.54) is 295 Å². The van der Waals surface area contributed by atoms with Gasteiger partial charge in [0.1, 0.15) is 19.8 Å². The molecular formula is C90H164NO8P. The molecule has 10 heteroatoms. The maximum atomic E-state index is 12.9. The van der Waals surface area contributed by atoms with Crippen LogP contribution < -0.4 is 4.89 Å². The van der Waals surface area contributed by atoms with E-state index < -0.39 is 26.5 Å². The number of carbonyl (C=O) groups excluding carboxylic acids is 2. The van der Waals surface area contributed by atoms with Crippen molar-refractivity contribution in [3.63, 3.8) is 0 Å². The van der Waals surface area contributed by atoms with E-state index in [9.17, 15) is 19.0 Å². The summed E-state index contributed by atoms with van der Waals surface area (Å²) >= 11 is 0. The summed E-state index contributed by atoms with van der Waals surface area (Å²) in [6, 6.07) is 0. The Hall–Kier alpha value is -3.07. The van der Waals surface area contributed by atoms with Crippen molar-refractivity contribution in [1.82, 2.24) is 0 Å². The molecule has 0 rings (SSSR count). The van der Waals surface area contributed by atoms with E-state index in [4.69, 9.17) is 18.5 Å². The number of likely N-dealkylation sites (N-methyl/N-ethyl adjacent to an activating group) is 1. The van der Waals surface area contributed by atoms with Crippen molar-refractivity contribution in [2.24, 2.45) is 0 Å². The van der Waals surface area contributed by atoms with Gasteiger partial charge in [0.25, 0.3) is 7.82 Å². The van der Waals surface area contributed by atoms with Gasteiger partial charge in [0.15, 0.2) is 6.10 Å². The van der Waals surface area contributed by atoms with Gasteiger partial charge in [-0.1, -0.05) is 400 Å². The lowest BCUT2D eigenvalue weighted by atomic mass is 10.0. The predicted octanol–water partition coefficient (Wildman–Crippen LogP) is 28.3. The fourth-order valence-electron chi connectivity index (χ4n) is 12.6. The number of rotatable bonds is 80. The smallest absolute Gasteiger partial charge is 0.306 e. The van der Waals surface area contributed by atoms with Crippen LogP contribution in [0.15, 0.2) is 97.2 Å². The lowest BCUT2D eigenvalue weighted by Crippen LogP contribution is -2.37. The molecule has 0 aromatic rings. The second-order valence-electron chi connectivity index (χ2n) is 30.2. The van der Waals surface area contributed by atoms with E-state index in [1.54, 1.807) is 0 Å². The van der Waals surface area contributed by atoms with E-state index >= 15 is 0 Å². The summed E-state index contributed by atoms with van der Waals surface area (Å²) < 4.78 is 34.5. The van der Waals surface area contributed by atoms with Gasteiger partial charge in [0.2, 0.25) is 0 Å². The monoisotopic (exact) mass is 1420 g/mol. The van der Waals surface area contributed by atoms with Gasteiger partial charge < -0.3 is 27.9 Å². The molecule has 9 nitrogen and oxygen atoms in total. The largest absolute Gasteiger partial charge is 0.756 e. The van der Waals surface area contributed by atoms with Gasteiger partial charge in [-0.15, -0.1) is 0 Å². The average molecular weight is 1420 g/mol. The van der Waals surface area contributed by atoms with Gasteiger partial charge in [0.05, 0.1) is 27.7 Å². The zero-order valence-corrected chi connectivity index (χ0v) is 67.5. The maximum Gasteiger partial charge on any atom is 0.306 e. The number of phosphoric ester groups is 1. The second-order valence-corrected chi connectivity index (χ2v) is 31.6. The van der Waals surface area contributed by atoms with Gasteiger partial charge in [-0.25, -0.2) is 0 Å². The molecular weight excluding hydrogens is 1250 g/mol. The Kier molecular flexibility index (Phi) is 77.6. The Bertz CT molecular complexity index is 2010. The van der Waals surface area contributed by atoms with Gasteiger partial charge in [-0.2, -0.15) is 0 Å². The second kappa shape index (κ2) is 80.0. The van der Waals surface area contributed by atoms with Crippen LogP contribution in [0.3, 0.4) is 0 Å². The lowest BCUT2D eigenvalue weighted by Gasteiger charge is -2.28. The molecule has 0 amide bonds. The van der Waals surface area contributed by atoms with E-state index in [2.05, 4.69) is 111 Å². The standard InChI is InChI=1S/C90H164NO8P/c1-6-8-10-12-14-16-18-20-22-24-26-28-30-32-34-36-38-40-42-44-45-47-48-50-52-54-56-58-60-62-64-66-68-70-72-74-76-78-80-82-89(92)96-86-88(87-98-100(94,95)97-85-84-91(3,4)5)99-90(93)83-81-79-77-75-73-71-69-67-65-63-61-59-57-55-53-51-49-46-43-41-39-37-35-33-31-29-27-25-23-21-19-17-15-13-11-9-7-2/h9,11,15,17-18,20-21,23-24,26-27,29-30,32-33,35,88H,6-8,10,12-14,16,19,22,25,28,31,34,36-87H2,1-5H3/b11-9-,17-15-,20-18-,23-21-,26-24-,29-27-,32-30-,35-33-. The number of hydrogen-bond acceptors (Lipinski definition) is 8. The Balaban J connectivity index is 3.89. The van der Waals surface area contributed by atoms with E-state index in [1.807, 2.05) is 21.1 Å². The Labute approximate surface area is 621 Å². The third-order valence-electron chi connectivity index (χ3n) is 19.1. The Morgan fingerprint density at radius 3 is 0.850 bits per heavy atom. The molecule has 100 heavy (non-hydrogen) atoms. The number of ether oxygens (including phenoxy) is 2. The fourth-order valence-corrected chi connectivity index (χ4v) is 13.3. The number of carbonyl (C=O) groups is 2. The Morgan fingerprint density at radius 2 is 0.570 bits per heavy atom. The highest BCUT2D eigenvalue weighted by atomic mass is 31.2. The zero-order chi connectivity index (χ0) is 72.5. The third kappa shape index (κ3) is 83.9. The molecule has 0 aromatic heterocycles.